The Morgan fingerprint density at radius 3 is 2.58 bits per heavy atom. The van der Waals surface area contributed by atoms with E-state index >= 15 is 0 Å². The smallest absolute Gasteiger partial charge is 0.429 e. The van der Waals surface area contributed by atoms with Crippen LogP contribution in [0.4, 0.5) is 13.2 Å². The summed E-state index contributed by atoms with van der Waals surface area (Å²) >= 11 is 5.77. The van der Waals surface area contributed by atoms with Crippen molar-refractivity contribution >= 4 is 23.6 Å². The van der Waals surface area contributed by atoms with Gasteiger partial charge in [-0.25, -0.2) is 0 Å². The van der Waals surface area contributed by atoms with E-state index in [0.29, 0.717) is 5.56 Å². The Bertz CT molecular complexity index is 578. The highest BCUT2D eigenvalue weighted by molar-refractivity contribution is 6.30. The molecule has 2 rings (SSSR count). The number of hydrogen-bond donors (Lipinski definition) is 0. The van der Waals surface area contributed by atoms with E-state index in [1.165, 1.54) is 19.1 Å². The fraction of sp³-hybridized carbons (Fsp3) is 0.250. The summed E-state index contributed by atoms with van der Waals surface area (Å²) in [7, 11) is 0. The second kappa shape index (κ2) is 4.45. The Hall–Kier alpha value is -1.69. The molecule has 1 unspecified atom stereocenters. The number of carboxylic acid groups (broad SMARTS) is 1. The van der Waals surface area contributed by atoms with Gasteiger partial charge in [0.1, 0.15) is 5.75 Å². The highest BCUT2D eigenvalue weighted by atomic mass is 35.5. The van der Waals surface area contributed by atoms with Gasteiger partial charge < -0.3 is 14.6 Å². The van der Waals surface area contributed by atoms with E-state index in [4.69, 9.17) is 16.3 Å². The molecule has 1 aromatic rings. The van der Waals surface area contributed by atoms with Gasteiger partial charge in [0.2, 0.25) is 6.10 Å². The first-order valence-electron chi connectivity index (χ1n) is 5.16. The lowest BCUT2D eigenvalue weighted by atomic mass is 9.99. The van der Waals surface area contributed by atoms with Crippen LogP contribution in [0.5, 0.6) is 5.75 Å². The lowest BCUT2D eigenvalue weighted by molar-refractivity contribution is -0.302. The van der Waals surface area contributed by atoms with Gasteiger partial charge in [0.25, 0.3) is 0 Å². The highest BCUT2D eigenvalue weighted by Crippen LogP contribution is 2.39. The molecule has 1 aliphatic rings. The average Bonchev–Trinajstić information content (AvgIpc) is 2.25. The number of carbonyl (C=O) groups excluding carboxylic acids is 1. The van der Waals surface area contributed by atoms with Crippen LogP contribution in [0.2, 0.25) is 5.02 Å². The molecule has 0 N–H and O–H groups in total. The van der Waals surface area contributed by atoms with Crippen molar-refractivity contribution in [1.82, 2.24) is 0 Å². The molecular weight excluding hydrogens is 285 g/mol. The zero-order chi connectivity index (χ0) is 14.4. The molecule has 0 bridgehead atoms. The molecule has 1 heterocycles. The molecule has 7 heteroatoms. The predicted molar refractivity (Wildman–Crippen MR) is 59.6 cm³/mol. The van der Waals surface area contributed by atoms with Crippen LogP contribution in [0, 0.1) is 6.92 Å². The first kappa shape index (κ1) is 13.7. The summed E-state index contributed by atoms with van der Waals surface area (Å²) in [5, 5.41) is 11.1. The lowest BCUT2D eigenvalue weighted by Crippen LogP contribution is -2.44. The van der Waals surface area contributed by atoms with E-state index in [1.54, 1.807) is 0 Å². The molecule has 0 amide bonds. The second-order valence-electron chi connectivity index (χ2n) is 4.07. The van der Waals surface area contributed by atoms with Crippen LogP contribution in [-0.4, -0.2) is 18.2 Å². The number of hydrogen-bond acceptors (Lipinski definition) is 3. The molecule has 0 aliphatic carbocycles. The van der Waals surface area contributed by atoms with Crippen molar-refractivity contribution in [1.29, 1.82) is 0 Å². The first-order valence-corrected chi connectivity index (χ1v) is 5.54. The minimum atomic E-state index is -4.84. The second-order valence-corrected chi connectivity index (χ2v) is 4.50. The number of carboxylic acids is 1. The standard InChI is InChI=1S/C12H8ClF3O3/c1-5-2-7(13)3-6-4-8(11(17)18)10(12(14,15)16)19-9(5)6/h2-4,10H,1H3,(H,17,18)/p-1. The minimum absolute atomic E-state index is 0.0308. The number of ether oxygens (including phenoxy) is 1. The van der Waals surface area contributed by atoms with Crippen molar-refractivity contribution in [2.75, 3.05) is 0 Å². The molecule has 0 saturated heterocycles. The highest BCUT2D eigenvalue weighted by Gasteiger charge is 2.46. The molecule has 0 saturated carbocycles. The summed E-state index contributed by atoms with van der Waals surface area (Å²) in [6, 6.07) is 2.77. The van der Waals surface area contributed by atoms with Crippen molar-refractivity contribution in [2.45, 2.75) is 19.2 Å². The first-order chi connectivity index (χ1) is 8.70. The number of alkyl halides is 3. The minimum Gasteiger partial charge on any atom is -0.545 e. The summed E-state index contributed by atoms with van der Waals surface area (Å²) in [5.74, 6) is -1.96. The average molecular weight is 292 g/mol. The molecule has 0 fully saturated rings. The third kappa shape index (κ3) is 2.53. The number of halogens is 4. The van der Waals surface area contributed by atoms with Crippen LogP contribution in [0.15, 0.2) is 17.7 Å². The van der Waals surface area contributed by atoms with Gasteiger partial charge in [0.15, 0.2) is 0 Å². The zero-order valence-corrected chi connectivity index (χ0v) is 10.3. The largest absolute Gasteiger partial charge is 0.545 e. The third-order valence-electron chi connectivity index (χ3n) is 2.63. The maximum atomic E-state index is 12.8. The van der Waals surface area contributed by atoms with Crippen molar-refractivity contribution in [2.24, 2.45) is 0 Å². The van der Waals surface area contributed by atoms with Crippen molar-refractivity contribution in [3.63, 3.8) is 0 Å². The zero-order valence-electron chi connectivity index (χ0n) is 9.55. The fourth-order valence-electron chi connectivity index (χ4n) is 1.86. The Kier molecular flexibility index (Phi) is 3.22. The monoisotopic (exact) mass is 291 g/mol. The summed E-state index contributed by atoms with van der Waals surface area (Å²) < 4.78 is 43.1. The van der Waals surface area contributed by atoms with Crippen molar-refractivity contribution in [3.8, 4) is 5.75 Å². The van der Waals surface area contributed by atoms with Crippen LogP contribution < -0.4 is 9.84 Å². The SMILES string of the molecule is Cc1cc(Cl)cc2c1OC(C(F)(F)F)C(C(=O)[O-])=C2. The predicted octanol–water partition coefficient (Wildman–Crippen LogP) is 2.11. The maximum Gasteiger partial charge on any atom is 0.429 e. The Balaban J connectivity index is 2.61. The number of carbonyl (C=O) groups is 1. The molecule has 3 nitrogen and oxygen atoms in total. The lowest BCUT2D eigenvalue weighted by Gasteiger charge is -2.30. The number of aliphatic carboxylic acids is 1. The van der Waals surface area contributed by atoms with E-state index in [-0.39, 0.29) is 16.3 Å². The Labute approximate surface area is 111 Å². The van der Waals surface area contributed by atoms with E-state index in [1.807, 2.05) is 0 Å². The topological polar surface area (TPSA) is 49.4 Å². The number of fused-ring (bicyclic) bond motifs is 1. The van der Waals surface area contributed by atoms with Gasteiger partial charge in [-0.15, -0.1) is 0 Å². The fourth-order valence-corrected chi connectivity index (χ4v) is 2.14. The summed E-state index contributed by atoms with van der Waals surface area (Å²) in [6.07, 6.45) is -6.49. The van der Waals surface area contributed by atoms with Crippen LogP contribution in [0.25, 0.3) is 6.08 Å². The number of rotatable bonds is 1. The molecule has 1 aliphatic heterocycles. The van der Waals surface area contributed by atoms with Crippen LogP contribution in [0.1, 0.15) is 11.1 Å². The molecular formula is C12H7ClF3O3-. The normalized spacial score (nSPS) is 18.4. The van der Waals surface area contributed by atoms with Gasteiger partial charge in [-0.1, -0.05) is 11.6 Å². The van der Waals surface area contributed by atoms with Gasteiger partial charge in [0.05, 0.1) is 5.97 Å². The quantitative estimate of drug-likeness (QED) is 0.796. The van der Waals surface area contributed by atoms with Crippen molar-refractivity contribution < 1.29 is 27.8 Å². The van der Waals surface area contributed by atoms with E-state index in [2.05, 4.69) is 0 Å². The maximum absolute atomic E-state index is 12.8. The van der Waals surface area contributed by atoms with Gasteiger partial charge >= 0.3 is 6.18 Å². The van der Waals surface area contributed by atoms with Gasteiger partial charge in [-0.2, -0.15) is 13.2 Å². The molecule has 0 aromatic heterocycles. The number of benzene rings is 1. The van der Waals surface area contributed by atoms with Crippen LogP contribution >= 0.6 is 11.6 Å². The summed E-state index contributed by atoms with van der Waals surface area (Å²) in [6.45, 7) is 1.52. The molecule has 0 radical (unpaired) electrons. The van der Waals surface area contributed by atoms with Crippen LogP contribution in [0.3, 0.4) is 0 Å². The third-order valence-corrected chi connectivity index (χ3v) is 2.85. The Morgan fingerprint density at radius 1 is 1.42 bits per heavy atom. The molecule has 0 spiro atoms. The number of aryl methyl sites for hydroxylation is 1. The van der Waals surface area contributed by atoms with Gasteiger partial charge in [-0.05, 0) is 30.7 Å². The van der Waals surface area contributed by atoms with Crippen LogP contribution in [-0.2, 0) is 4.79 Å². The van der Waals surface area contributed by atoms with E-state index in [0.717, 1.165) is 6.08 Å². The van der Waals surface area contributed by atoms with Crippen molar-refractivity contribution in [3.05, 3.63) is 33.9 Å². The van der Waals surface area contributed by atoms with E-state index < -0.39 is 23.8 Å². The summed E-state index contributed by atoms with van der Waals surface area (Å²) in [5.41, 5.74) is -0.392. The molecule has 102 valence electrons. The molecule has 19 heavy (non-hydrogen) atoms. The Morgan fingerprint density at radius 2 is 2.05 bits per heavy atom. The van der Waals surface area contributed by atoms with Gasteiger partial charge in [0, 0.05) is 16.2 Å². The van der Waals surface area contributed by atoms with Gasteiger partial charge in [-0.3, -0.25) is 0 Å². The van der Waals surface area contributed by atoms with E-state index in [9.17, 15) is 23.1 Å². The molecule has 1 atom stereocenters. The molecule has 1 aromatic carbocycles. The summed E-state index contributed by atoms with van der Waals surface area (Å²) in [4.78, 5) is 10.8.